The number of pyridine rings is 1. The summed E-state index contributed by atoms with van der Waals surface area (Å²) in [6.45, 7) is 3.75. The molecule has 0 aromatic carbocycles. The summed E-state index contributed by atoms with van der Waals surface area (Å²) in [7, 11) is 0. The summed E-state index contributed by atoms with van der Waals surface area (Å²) in [5.41, 5.74) is 0. The van der Waals surface area contributed by atoms with Gasteiger partial charge in [0, 0.05) is 19.3 Å². The van der Waals surface area contributed by atoms with Crippen LogP contribution >= 0.6 is 27.5 Å². The van der Waals surface area contributed by atoms with Gasteiger partial charge in [0.25, 0.3) is 0 Å². The highest BCUT2D eigenvalue weighted by atomic mass is 79.9. The zero-order valence-corrected chi connectivity index (χ0v) is 11.6. The van der Waals surface area contributed by atoms with Gasteiger partial charge in [-0.25, -0.2) is 4.98 Å². The maximum atomic E-state index is 9.03. The van der Waals surface area contributed by atoms with Gasteiger partial charge in [0.1, 0.15) is 5.82 Å². The first-order valence-electron chi connectivity index (χ1n) is 5.36. The van der Waals surface area contributed by atoms with Crippen LogP contribution in [0.4, 0.5) is 5.82 Å². The number of anilines is 1. The molecule has 0 aliphatic heterocycles. The Balaban J connectivity index is 2.82. The number of unbranched alkanes of at least 4 members (excludes halogenated alkanes) is 1. The van der Waals surface area contributed by atoms with Crippen LogP contribution in [0.1, 0.15) is 19.8 Å². The van der Waals surface area contributed by atoms with E-state index in [1.54, 1.807) is 6.20 Å². The van der Waals surface area contributed by atoms with Crippen LogP contribution in [0.3, 0.4) is 0 Å². The third kappa shape index (κ3) is 3.92. The van der Waals surface area contributed by atoms with E-state index in [1.165, 1.54) is 0 Å². The van der Waals surface area contributed by atoms with Crippen molar-refractivity contribution in [3.63, 3.8) is 0 Å². The first-order valence-corrected chi connectivity index (χ1v) is 6.53. The molecule has 1 aromatic rings. The highest BCUT2D eigenvalue weighted by Gasteiger charge is 2.11. The van der Waals surface area contributed by atoms with Gasteiger partial charge in [-0.1, -0.05) is 24.9 Å². The van der Waals surface area contributed by atoms with Crippen molar-refractivity contribution in [1.82, 2.24) is 4.98 Å². The second kappa shape index (κ2) is 7.09. The summed E-state index contributed by atoms with van der Waals surface area (Å²) >= 11 is 9.28. The van der Waals surface area contributed by atoms with Crippen LogP contribution in [-0.2, 0) is 0 Å². The molecule has 0 atom stereocenters. The monoisotopic (exact) mass is 306 g/mol. The van der Waals surface area contributed by atoms with E-state index in [0.29, 0.717) is 11.6 Å². The van der Waals surface area contributed by atoms with Gasteiger partial charge in [-0.2, -0.15) is 0 Å². The highest BCUT2D eigenvalue weighted by Crippen LogP contribution is 2.26. The van der Waals surface area contributed by atoms with Gasteiger partial charge in [0.2, 0.25) is 0 Å². The summed E-state index contributed by atoms with van der Waals surface area (Å²) in [5, 5.41) is 9.64. The fourth-order valence-electron chi connectivity index (χ4n) is 1.43. The fourth-order valence-corrected chi connectivity index (χ4v) is 2.32. The predicted octanol–water partition coefficient (Wildman–Crippen LogP) is 3.10. The number of nitrogens with zero attached hydrogens (tertiary/aromatic N) is 2. The van der Waals surface area contributed by atoms with E-state index >= 15 is 0 Å². The largest absolute Gasteiger partial charge is 0.395 e. The molecule has 0 saturated carbocycles. The SMILES string of the molecule is CCCCN(CCO)c1ncc(Cl)cc1Br. The van der Waals surface area contributed by atoms with Gasteiger partial charge in [-0.05, 0) is 28.4 Å². The molecular formula is C11H16BrClN2O. The summed E-state index contributed by atoms with van der Waals surface area (Å²) in [6.07, 6.45) is 3.82. The molecule has 1 rings (SSSR count). The Morgan fingerprint density at radius 2 is 2.25 bits per heavy atom. The molecule has 0 fully saturated rings. The number of halogens is 2. The Morgan fingerprint density at radius 3 is 2.81 bits per heavy atom. The quantitative estimate of drug-likeness (QED) is 0.877. The van der Waals surface area contributed by atoms with E-state index in [2.05, 4.69) is 32.7 Å². The van der Waals surface area contributed by atoms with Gasteiger partial charge in [-0.3, -0.25) is 0 Å². The summed E-state index contributed by atoms with van der Waals surface area (Å²) < 4.78 is 0.865. The molecule has 1 aromatic heterocycles. The molecule has 5 heteroatoms. The molecule has 0 bridgehead atoms. The smallest absolute Gasteiger partial charge is 0.143 e. The van der Waals surface area contributed by atoms with Crippen molar-refractivity contribution in [2.45, 2.75) is 19.8 Å². The molecule has 0 amide bonds. The Bertz CT molecular complexity index is 336. The summed E-state index contributed by atoms with van der Waals surface area (Å²) in [5.74, 6) is 0.840. The standard InChI is InChI=1S/C11H16BrClN2O/c1-2-3-4-15(5-6-16)11-10(12)7-9(13)8-14-11/h7-8,16H,2-6H2,1H3. The molecule has 0 saturated heterocycles. The van der Waals surface area contributed by atoms with Gasteiger partial charge in [-0.15, -0.1) is 0 Å². The van der Waals surface area contributed by atoms with Crippen LogP contribution in [0.5, 0.6) is 0 Å². The number of hydrogen-bond donors (Lipinski definition) is 1. The van der Waals surface area contributed by atoms with Gasteiger partial charge in [0.05, 0.1) is 16.1 Å². The van der Waals surface area contributed by atoms with Crippen molar-refractivity contribution in [1.29, 1.82) is 0 Å². The first-order chi connectivity index (χ1) is 7.69. The summed E-state index contributed by atoms with van der Waals surface area (Å²) in [4.78, 5) is 6.35. The minimum absolute atomic E-state index is 0.125. The lowest BCUT2D eigenvalue weighted by atomic mass is 10.3. The molecule has 0 aliphatic rings. The van der Waals surface area contributed by atoms with Crippen LogP contribution in [0.2, 0.25) is 5.02 Å². The van der Waals surface area contributed by atoms with Gasteiger partial charge >= 0.3 is 0 Å². The molecule has 0 unspecified atom stereocenters. The van der Waals surface area contributed by atoms with E-state index in [1.807, 2.05) is 6.07 Å². The van der Waals surface area contributed by atoms with Crippen molar-refractivity contribution in [3.05, 3.63) is 21.8 Å². The van der Waals surface area contributed by atoms with Crippen molar-refractivity contribution in [2.24, 2.45) is 0 Å². The lowest BCUT2D eigenvalue weighted by molar-refractivity contribution is 0.301. The van der Waals surface area contributed by atoms with Gasteiger partial charge in [0.15, 0.2) is 0 Å². The van der Waals surface area contributed by atoms with Gasteiger partial charge < -0.3 is 10.0 Å². The third-order valence-corrected chi connectivity index (χ3v) is 3.03. The second-order valence-corrected chi connectivity index (χ2v) is 4.81. The number of rotatable bonds is 6. The minimum atomic E-state index is 0.125. The Kier molecular flexibility index (Phi) is 6.09. The second-order valence-electron chi connectivity index (χ2n) is 3.52. The van der Waals surface area contributed by atoms with Crippen LogP contribution in [0.15, 0.2) is 16.7 Å². The van der Waals surface area contributed by atoms with Crippen molar-refractivity contribution >= 4 is 33.3 Å². The lowest BCUT2D eigenvalue weighted by Gasteiger charge is -2.23. The molecular weight excluding hydrogens is 291 g/mol. The van der Waals surface area contributed by atoms with Crippen LogP contribution in [0, 0.1) is 0 Å². The molecule has 16 heavy (non-hydrogen) atoms. The Hall–Kier alpha value is -0.320. The van der Waals surface area contributed by atoms with Crippen molar-refractivity contribution in [3.8, 4) is 0 Å². The Morgan fingerprint density at radius 1 is 1.50 bits per heavy atom. The fraction of sp³-hybridized carbons (Fsp3) is 0.545. The molecule has 0 aliphatic carbocycles. The molecule has 0 spiro atoms. The number of hydrogen-bond acceptors (Lipinski definition) is 3. The van der Waals surface area contributed by atoms with Crippen molar-refractivity contribution < 1.29 is 5.11 Å². The first kappa shape index (κ1) is 13.7. The van der Waals surface area contributed by atoms with E-state index in [9.17, 15) is 0 Å². The topological polar surface area (TPSA) is 36.4 Å². The van der Waals surface area contributed by atoms with Crippen LogP contribution < -0.4 is 4.90 Å². The summed E-state index contributed by atoms with van der Waals surface area (Å²) in [6, 6.07) is 1.82. The number of aromatic nitrogens is 1. The van der Waals surface area contributed by atoms with Crippen molar-refractivity contribution in [2.75, 3.05) is 24.6 Å². The maximum absolute atomic E-state index is 9.03. The molecule has 1 N–H and O–H groups in total. The number of aliphatic hydroxyl groups is 1. The van der Waals surface area contributed by atoms with E-state index < -0.39 is 0 Å². The molecule has 90 valence electrons. The maximum Gasteiger partial charge on any atom is 0.143 e. The van der Waals surface area contributed by atoms with Crippen LogP contribution in [0.25, 0.3) is 0 Å². The van der Waals surface area contributed by atoms with E-state index in [-0.39, 0.29) is 6.61 Å². The molecule has 1 heterocycles. The average molecular weight is 308 g/mol. The van der Waals surface area contributed by atoms with E-state index in [0.717, 1.165) is 29.7 Å². The lowest BCUT2D eigenvalue weighted by Crippen LogP contribution is -2.28. The molecule has 0 radical (unpaired) electrons. The minimum Gasteiger partial charge on any atom is -0.395 e. The molecule has 3 nitrogen and oxygen atoms in total. The third-order valence-electron chi connectivity index (χ3n) is 2.24. The number of aliphatic hydroxyl groups excluding tert-OH is 1. The normalized spacial score (nSPS) is 10.5. The highest BCUT2D eigenvalue weighted by molar-refractivity contribution is 9.10. The van der Waals surface area contributed by atoms with E-state index in [4.69, 9.17) is 16.7 Å². The zero-order chi connectivity index (χ0) is 12.0. The Labute approximate surface area is 110 Å². The zero-order valence-electron chi connectivity index (χ0n) is 9.29. The average Bonchev–Trinajstić information content (AvgIpc) is 2.25. The van der Waals surface area contributed by atoms with Crippen LogP contribution in [-0.4, -0.2) is 29.8 Å². The predicted molar refractivity (Wildman–Crippen MR) is 71.2 cm³/mol.